The van der Waals surface area contributed by atoms with Gasteiger partial charge in [-0.15, -0.1) is 10.2 Å². The lowest BCUT2D eigenvalue weighted by Gasteiger charge is -2.02. The summed E-state index contributed by atoms with van der Waals surface area (Å²) in [7, 11) is 0. The van der Waals surface area contributed by atoms with E-state index in [4.69, 9.17) is 0 Å². The number of aryl methyl sites for hydroxylation is 1. The molecule has 0 radical (unpaired) electrons. The molecule has 4 heterocycles. The molecule has 2 aliphatic rings. The molecule has 1 saturated carbocycles. The summed E-state index contributed by atoms with van der Waals surface area (Å²) in [5, 5.41) is 18.3. The molecule has 1 fully saturated rings. The summed E-state index contributed by atoms with van der Waals surface area (Å²) >= 11 is 0. The highest BCUT2D eigenvalue weighted by molar-refractivity contribution is 6.06. The zero-order valence-corrected chi connectivity index (χ0v) is 12.0. The lowest BCUT2D eigenvalue weighted by Crippen LogP contribution is -2.19. The van der Waals surface area contributed by atoms with Crippen LogP contribution in [0.1, 0.15) is 24.2 Å². The molecule has 1 aliphatic carbocycles. The second kappa shape index (κ2) is 3.86. The number of halogens is 1. The van der Waals surface area contributed by atoms with Crippen LogP contribution in [0.15, 0.2) is 6.07 Å². The molecule has 0 unspecified atom stereocenters. The summed E-state index contributed by atoms with van der Waals surface area (Å²) in [6.45, 7) is 1.58. The zero-order chi connectivity index (χ0) is 15.8. The maximum Gasteiger partial charge on any atom is 0.238 e. The van der Waals surface area contributed by atoms with Gasteiger partial charge in [0, 0.05) is 0 Å². The molecule has 1 aliphatic heterocycles. The van der Waals surface area contributed by atoms with Crippen LogP contribution in [0.2, 0.25) is 0 Å². The van der Waals surface area contributed by atoms with Crippen LogP contribution in [0, 0.1) is 12.7 Å². The van der Waals surface area contributed by atoms with Gasteiger partial charge in [-0.3, -0.25) is 9.89 Å². The van der Waals surface area contributed by atoms with Crippen LogP contribution in [-0.2, 0) is 10.2 Å². The van der Waals surface area contributed by atoms with Crippen molar-refractivity contribution in [1.82, 2.24) is 30.4 Å². The molecule has 5 rings (SSSR count). The molecule has 1 spiro atoms. The summed E-state index contributed by atoms with van der Waals surface area (Å²) in [5.74, 6) is 0.119. The summed E-state index contributed by atoms with van der Waals surface area (Å²) in [4.78, 5) is 20.5. The van der Waals surface area contributed by atoms with Crippen LogP contribution in [0.3, 0.4) is 0 Å². The van der Waals surface area contributed by atoms with Gasteiger partial charge in [-0.25, -0.2) is 14.4 Å². The number of amides is 1. The third kappa shape index (κ3) is 1.53. The second-order valence-electron chi connectivity index (χ2n) is 5.89. The van der Waals surface area contributed by atoms with Crippen molar-refractivity contribution in [3.8, 4) is 11.5 Å². The minimum absolute atomic E-state index is 0.0818. The maximum atomic E-state index is 13.8. The smallest absolute Gasteiger partial charge is 0.238 e. The van der Waals surface area contributed by atoms with E-state index in [9.17, 15) is 9.18 Å². The van der Waals surface area contributed by atoms with Crippen molar-refractivity contribution in [3.63, 3.8) is 0 Å². The highest BCUT2D eigenvalue weighted by atomic mass is 19.1. The van der Waals surface area contributed by atoms with Gasteiger partial charge in [-0.05, 0) is 25.8 Å². The molecule has 0 aromatic carbocycles. The number of H-pyrrole nitrogens is 1. The number of carbonyl (C=O) groups is 1. The van der Waals surface area contributed by atoms with Crippen LogP contribution >= 0.6 is 0 Å². The van der Waals surface area contributed by atoms with E-state index >= 15 is 0 Å². The van der Waals surface area contributed by atoms with Crippen molar-refractivity contribution in [1.29, 1.82) is 0 Å². The van der Waals surface area contributed by atoms with E-state index in [1.807, 2.05) is 0 Å². The predicted molar refractivity (Wildman–Crippen MR) is 76.9 cm³/mol. The summed E-state index contributed by atoms with van der Waals surface area (Å²) in [5.41, 5.74) is 1.14. The topological polar surface area (TPSA) is 109 Å². The highest BCUT2D eigenvalue weighted by Crippen LogP contribution is 2.53. The lowest BCUT2D eigenvalue weighted by atomic mass is 10.1. The number of pyridine rings is 1. The number of aromatic amines is 1. The van der Waals surface area contributed by atoms with Gasteiger partial charge < -0.3 is 5.32 Å². The number of nitrogens with one attached hydrogen (secondary N) is 2. The third-order valence-electron chi connectivity index (χ3n) is 4.45. The molecular weight excluding hydrogens is 301 g/mol. The van der Waals surface area contributed by atoms with Crippen LogP contribution in [-0.4, -0.2) is 36.3 Å². The first kappa shape index (κ1) is 12.6. The molecule has 2 N–H and O–H groups in total. The first-order valence-electron chi connectivity index (χ1n) is 7.17. The van der Waals surface area contributed by atoms with Gasteiger partial charge in [0.15, 0.2) is 11.5 Å². The molecule has 23 heavy (non-hydrogen) atoms. The van der Waals surface area contributed by atoms with E-state index in [0.717, 1.165) is 12.8 Å². The Morgan fingerprint density at radius 3 is 2.87 bits per heavy atom. The maximum absolute atomic E-state index is 13.8. The Bertz CT molecular complexity index is 1010. The molecule has 114 valence electrons. The number of carbonyl (C=O) groups excluding carboxylic acids is 1. The van der Waals surface area contributed by atoms with Gasteiger partial charge >= 0.3 is 0 Å². The number of aromatic nitrogens is 6. The molecule has 3 aromatic heterocycles. The van der Waals surface area contributed by atoms with Gasteiger partial charge in [-0.1, -0.05) is 0 Å². The quantitative estimate of drug-likeness (QED) is 0.700. The van der Waals surface area contributed by atoms with Crippen LogP contribution in [0.25, 0.3) is 22.6 Å². The summed E-state index contributed by atoms with van der Waals surface area (Å²) in [6, 6.07) is 1.34. The number of anilines is 1. The summed E-state index contributed by atoms with van der Waals surface area (Å²) in [6.07, 6.45) is 1.53. The fourth-order valence-electron chi connectivity index (χ4n) is 2.95. The van der Waals surface area contributed by atoms with Gasteiger partial charge in [0.2, 0.25) is 11.7 Å². The second-order valence-corrected chi connectivity index (χ2v) is 5.89. The van der Waals surface area contributed by atoms with Crippen molar-refractivity contribution >= 4 is 22.8 Å². The summed E-state index contributed by atoms with van der Waals surface area (Å²) < 4.78 is 13.8. The first-order chi connectivity index (χ1) is 11.1. The van der Waals surface area contributed by atoms with E-state index in [2.05, 4.69) is 35.7 Å². The number of hydrogen-bond acceptors (Lipinski definition) is 6. The Balaban J connectivity index is 1.68. The Labute approximate surface area is 128 Å². The lowest BCUT2D eigenvalue weighted by molar-refractivity contribution is -0.117. The molecule has 9 heteroatoms. The van der Waals surface area contributed by atoms with Gasteiger partial charge in [0.25, 0.3) is 0 Å². The van der Waals surface area contributed by atoms with Crippen LogP contribution in [0.4, 0.5) is 10.2 Å². The third-order valence-corrected chi connectivity index (χ3v) is 4.45. The van der Waals surface area contributed by atoms with E-state index in [1.165, 1.54) is 6.07 Å². The number of rotatable bonds is 1. The van der Waals surface area contributed by atoms with Crippen molar-refractivity contribution in [2.75, 3.05) is 5.32 Å². The van der Waals surface area contributed by atoms with Gasteiger partial charge in [0.05, 0.1) is 16.5 Å². The minimum Gasteiger partial charge on any atom is -0.308 e. The standard InChI is InChI=1S/C14H10FN7O/c1-5-7(15)4-6-8(19-21-10(6)16-5)11-17-12-9(20-22-11)14(2-3-14)13(23)18-12/h4H,2-3H2,1H3,(H,16,19,21)(H,17,18,22,23). The number of hydrogen-bond donors (Lipinski definition) is 2. The van der Waals surface area contributed by atoms with Crippen LogP contribution < -0.4 is 5.32 Å². The fraction of sp³-hybridized carbons (Fsp3) is 0.286. The average Bonchev–Trinajstić information content (AvgIpc) is 3.17. The van der Waals surface area contributed by atoms with Gasteiger partial charge in [-0.2, -0.15) is 5.10 Å². The van der Waals surface area contributed by atoms with E-state index in [-0.39, 0.29) is 17.4 Å². The zero-order valence-electron chi connectivity index (χ0n) is 12.0. The Morgan fingerprint density at radius 2 is 2.09 bits per heavy atom. The van der Waals surface area contributed by atoms with Gasteiger partial charge in [0.1, 0.15) is 17.2 Å². The van der Waals surface area contributed by atoms with Crippen molar-refractivity contribution in [2.24, 2.45) is 0 Å². The van der Waals surface area contributed by atoms with Crippen molar-refractivity contribution in [3.05, 3.63) is 23.3 Å². The fourth-order valence-corrected chi connectivity index (χ4v) is 2.95. The molecule has 0 atom stereocenters. The molecular formula is C14H10FN7O. The van der Waals surface area contributed by atoms with E-state index in [0.29, 0.717) is 28.2 Å². The SMILES string of the molecule is Cc1nc2[nH]nc(-c3nnc4c(n3)NC(=O)C43CC3)c2cc1F. The molecule has 1 amide bonds. The minimum atomic E-state index is -0.535. The molecule has 0 saturated heterocycles. The number of fused-ring (bicyclic) bond motifs is 3. The average molecular weight is 311 g/mol. The predicted octanol–water partition coefficient (Wildman–Crippen LogP) is 1.24. The number of nitrogens with zero attached hydrogens (tertiary/aromatic N) is 5. The first-order valence-corrected chi connectivity index (χ1v) is 7.17. The van der Waals surface area contributed by atoms with Crippen molar-refractivity contribution < 1.29 is 9.18 Å². The Hall–Kier alpha value is -2.97. The van der Waals surface area contributed by atoms with Crippen molar-refractivity contribution in [2.45, 2.75) is 25.2 Å². The Morgan fingerprint density at radius 1 is 1.26 bits per heavy atom. The molecule has 8 nitrogen and oxygen atoms in total. The Kier molecular flexibility index (Phi) is 2.11. The monoisotopic (exact) mass is 311 g/mol. The van der Waals surface area contributed by atoms with Crippen LogP contribution in [0.5, 0.6) is 0 Å². The van der Waals surface area contributed by atoms with E-state index < -0.39 is 11.2 Å². The van der Waals surface area contributed by atoms with E-state index in [1.54, 1.807) is 6.92 Å². The highest BCUT2D eigenvalue weighted by Gasteiger charge is 2.58. The largest absolute Gasteiger partial charge is 0.308 e. The molecule has 0 bridgehead atoms. The molecule has 3 aromatic rings. The normalized spacial score (nSPS) is 17.6.